The van der Waals surface area contributed by atoms with Gasteiger partial charge in [-0.2, -0.15) is 0 Å². The summed E-state index contributed by atoms with van der Waals surface area (Å²) in [5, 5.41) is 24.0. The summed E-state index contributed by atoms with van der Waals surface area (Å²) in [6.45, 7) is -0.0897. The van der Waals surface area contributed by atoms with Crippen LogP contribution in [0.15, 0.2) is 261 Å². The summed E-state index contributed by atoms with van der Waals surface area (Å²) in [5.41, 5.74) is 6.07. The van der Waals surface area contributed by atoms with Gasteiger partial charge in [-0.25, -0.2) is 0 Å². The maximum atomic E-state index is 12.3. The monoisotopic (exact) mass is 1350 g/mol. The minimum Gasteiger partial charge on any atom is -0.497 e. The van der Waals surface area contributed by atoms with Gasteiger partial charge in [0.2, 0.25) is 0 Å². The predicted octanol–water partition coefficient (Wildman–Crippen LogP) is 12.2. The lowest BCUT2D eigenvalue weighted by Crippen LogP contribution is -2.68. The number of hydrogen-bond donors (Lipinski definition) is 2. The summed E-state index contributed by atoms with van der Waals surface area (Å²) in [4.78, 5) is 0. The fraction of sp³-hybridized carbons (Fsp3) is 0.333. The lowest BCUT2D eigenvalue weighted by atomic mass is 9.95. The van der Waals surface area contributed by atoms with E-state index < -0.39 is 98.7 Å². The molecule has 12 rings (SSSR count). The molecule has 3 saturated heterocycles. The Morgan fingerprint density at radius 1 is 0.273 bits per heavy atom. The normalized spacial score (nSPS) is 25.3. The predicted molar refractivity (Wildman–Crippen MR) is 367 cm³/mol. The van der Waals surface area contributed by atoms with Crippen molar-refractivity contribution in [1.82, 2.24) is 0 Å². The molecule has 0 unspecified atom stereocenters. The van der Waals surface area contributed by atoms with Crippen LogP contribution in [0.5, 0.6) is 23.0 Å². The molecule has 2 N–H and O–H groups in total. The Labute approximate surface area is 578 Å². The van der Waals surface area contributed by atoms with Gasteiger partial charge in [-0.1, -0.05) is 212 Å². The average molecular weight is 1350 g/mol. The Morgan fingerprint density at radius 2 is 0.525 bits per heavy atom. The highest BCUT2D eigenvalue weighted by Crippen LogP contribution is 2.40. The Morgan fingerprint density at radius 3 is 0.838 bits per heavy atom. The van der Waals surface area contributed by atoms with Gasteiger partial charge in [-0.3, -0.25) is 0 Å². The van der Waals surface area contributed by atoms with Crippen LogP contribution in [0.3, 0.4) is 0 Å². The SMILES string of the molecule is COc1ccc(OC[C@H]2O[C@@H](O)[C@H](OCc3ccccc3)[C@@H](OCc3ccccc3)[C@H]2O[C@H]2O[C@H](COc3ccc(OC)cc3)[C@H](O[C@H]3O[C@H](CO)[C@H](OCc4ccccc4)[C@H](OCc4ccccc4)[C@H]3OCc3ccccc3)[C@H](OCc3ccccc3)[C@H]2OCc2ccccc2)cc1. The van der Waals surface area contributed by atoms with E-state index in [-0.39, 0.29) is 59.5 Å². The third-order valence-corrected chi connectivity index (χ3v) is 17.5. The van der Waals surface area contributed by atoms with Gasteiger partial charge < -0.3 is 86.0 Å². The van der Waals surface area contributed by atoms with E-state index in [1.807, 2.05) is 212 Å². The molecular formula is C81H86O18. The second kappa shape index (κ2) is 36.6. The van der Waals surface area contributed by atoms with Gasteiger partial charge in [-0.05, 0) is 87.5 Å². The highest BCUT2D eigenvalue weighted by molar-refractivity contribution is 5.32. The number of rotatable bonds is 34. The number of aliphatic hydroxyl groups is 2. The van der Waals surface area contributed by atoms with Crippen molar-refractivity contribution >= 4 is 0 Å². The van der Waals surface area contributed by atoms with Crippen molar-refractivity contribution in [1.29, 1.82) is 0 Å². The van der Waals surface area contributed by atoms with Crippen LogP contribution in [0.4, 0.5) is 0 Å². The van der Waals surface area contributed by atoms with Crippen LogP contribution in [0, 0.1) is 0 Å². The van der Waals surface area contributed by atoms with Crippen molar-refractivity contribution in [3.05, 3.63) is 300 Å². The zero-order chi connectivity index (χ0) is 67.8. The summed E-state index contributed by atoms with van der Waals surface area (Å²) >= 11 is 0. The van der Waals surface area contributed by atoms with Gasteiger partial charge in [0.1, 0.15) is 109 Å². The van der Waals surface area contributed by atoms with Crippen LogP contribution < -0.4 is 18.9 Å². The van der Waals surface area contributed by atoms with Crippen LogP contribution >= 0.6 is 0 Å². The Bertz CT molecular complexity index is 3700. The number of methoxy groups -OCH3 is 2. The zero-order valence-electron chi connectivity index (χ0n) is 55.5. The third kappa shape index (κ3) is 19.8. The summed E-state index contributed by atoms with van der Waals surface area (Å²) in [7, 11) is 3.20. The second-order valence-electron chi connectivity index (χ2n) is 24.3. The van der Waals surface area contributed by atoms with Gasteiger partial charge in [-0.15, -0.1) is 0 Å². The van der Waals surface area contributed by atoms with Crippen LogP contribution in [-0.2, 0) is 103 Å². The molecule has 0 aliphatic carbocycles. The molecule has 9 aromatic carbocycles. The minimum atomic E-state index is -1.54. The van der Waals surface area contributed by atoms with E-state index in [0.717, 1.165) is 38.9 Å². The highest BCUT2D eigenvalue weighted by atomic mass is 16.8. The molecule has 9 aromatic rings. The van der Waals surface area contributed by atoms with Gasteiger partial charge in [0.25, 0.3) is 0 Å². The number of hydrogen-bond acceptors (Lipinski definition) is 18. The lowest BCUT2D eigenvalue weighted by molar-refractivity contribution is -0.392. The zero-order valence-corrected chi connectivity index (χ0v) is 55.5. The van der Waals surface area contributed by atoms with Crippen molar-refractivity contribution < 1.29 is 86.0 Å². The first-order valence-corrected chi connectivity index (χ1v) is 33.5. The lowest BCUT2D eigenvalue weighted by Gasteiger charge is -2.51. The molecule has 518 valence electrons. The maximum absolute atomic E-state index is 12.3. The number of aliphatic hydroxyl groups excluding tert-OH is 2. The number of benzene rings is 9. The van der Waals surface area contributed by atoms with Crippen LogP contribution in [-0.4, -0.2) is 136 Å². The van der Waals surface area contributed by atoms with E-state index in [9.17, 15) is 10.2 Å². The molecule has 18 nitrogen and oxygen atoms in total. The minimum absolute atomic E-state index is 0.0471. The average Bonchev–Trinajstić information content (AvgIpc) is 0.767. The molecule has 0 saturated carbocycles. The van der Waals surface area contributed by atoms with E-state index in [2.05, 4.69) is 0 Å². The summed E-state index contributed by atoms with van der Waals surface area (Å²) in [5.74, 6) is 2.26. The second-order valence-corrected chi connectivity index (χ2v) is 24.3. The van der Waals surface area contributed by atoms with Crippen molar-refractivity contribution in [2.75, 3.05) is 34.0 Å². The topological polar surface area (TPSA) is 188 Å². The van der Waals surface area contributed by atoms with E-state index in [1.165, 1.54) is 0 Å². The first-order valence-electron chi connectivity index (χ1n) is 33.5. The molecule has 3 heterocycles. The third-order valence-electron chi connectivity index (χ3n) is 17.5. The summed E-state index contributed by atoms with van der Waals surface area (Å²) < 4.78 is 110. The molecule has 0 amide bonds. The van der Waals surface area contributed by atoms with E-state index in [0.29, 0.717) is 23.0 Å². The molecule has 0 radical (unpaired) electrons. The molecule has 3 aliphatic rings. The van der Waals surface area contributed by atoms with Gasteiger partial charge in [0.05, 0.1) is 67.1 Å². The fourth-order valence-electron chi connectivity index (χ4n) is 12.3. The summed E-state index contributed by atoms with van der Waals surface area (Å²) in [6, 6.07) is 82.7. The molecule has 99 heavy (non-hydrogen) atoms. The van der Waals surface area contributed by atoms with Crippen LogP contribution in [0.2, 0.25) is 0 Å². The molecule has 0 spiro atoms. The van der Waals surface area contributed by atoms with Gasteiger partial charge in [0.15, 0.2) is 18.9 Å². The fourth-order valence-corrected chi connectivity index (χ4v) is 12.3. The number of ether oxygens (including phenoxy) is 16. The molecule has 0 bridgehead atoms. The molecule has 18 heteroatoms. The quantitative estimate of drug-likeness (QED) is 0.0387. The summed E-state index contributed by atoms with van der Waals surface area (Å²) in [6.07, 6.45) is -17.2. The van der Waals surface area contributed by atoms with Crippen LogP contribution in [0.1, 0.15) is 38.9 Å². The standard InChI is InChI=1S/C81H86O18/c1-84-63-38-42-65(43-39-63)86-54-68-71(74(90-49-58-28-14-5-15-29-58)76(79(83)95-68)92-51-60-32-18-7-19-33-60)98-81-78(94-53-62-36-22-9-23-37-62)75(91-50-59-30-16-6-17-31-59)72(69(97-81)55-87-66-44-40-64(85-2)41-45-66)99-80-77(93-52-61-34-20-8-21-35-61)73(89-48-57-26-12-4-13-27-57)70(67(46-82)96-80)88-47-56-24-10-3-11-25-56/h3-45,67-83H,46-55H2,1-2H3/t67-,68-,69-,70+,71+,72+,73+,74+,75+,76-,77-,78-,79-,80-,81-/m1/s1. The Balaban J connectivity index is 0.978. The molecule has 3 fully saturated rings. The van der Waals surface area contributed by atoms with Crippen molar-refractivity contribution in [2.24, 2.45) is 0 Å². The van der Waals surface area contributed by atoms with Crippen LogP contribution in [0.25, 0.3) is 0 Å². The molecular weight excluding hydrogens is 1260 g/mol. The maximum Gasteiger partial charge on any atom is 0.187 e. The Kier molecular flexibility index (Phi) is 26.1. The van der Waals surface area contributed by atoms with E-state index in [4.69, 9.17) is 75.8 Å². The molecule has 3 aliphatic heterocycles. The molecule has 15 atom stereocenters. The van der Waals surface area contributed by atoms with Gasteiger partial charge >= 0.3 is 0 Å². The smallest absolute Gasteiger partial charge is 0.187 e. The first-order chi connectivity index (χ1) is 48.8. The van der Waals surface area contributed by atoms with E-state index >= 15 is 0 Å². The first kappa shape index (κ1) is 70.5. The Hall–Kier alpha value is -8.38. The van der Waals surface area contributed by atoms with Crippen molar-refractivity contribution in [3.63, 3.8) is 0 Å². The largest absolute Gasteiger partial charge is 0.497 e. The highest BCUT2D eigenvalue weighted by Gasteiger charge is 2.57. The van der Waals surface area contributed by atoms with Crippen molar-refractivity contribution in [2.45, 2.75) is 138 Å². The molecule has 0 aromatic heterocycles. The van der Waals surface area contributed by atoms with E-state index in [1.54, 1.807) is 62.8 Å². The van der Waals surface area contributed by atoms with Gasteiger partial charge in [0, 0.05) is 0 Å². The van der Waals surface area contributed by atoms with Crippen molar-refractivity contribution in [3.8, 4) is 23.0 Å².